The van der Waals surface area contributed by atoms with E-state index in [4.69, 9.17) is 53.5 Å². The molecule has 0 aromatic heterocycles. The molecule has 194 valence electrons. The summed E-state index contributed by atoms with van der Waals surface area (Å²) in [5.74, 6) is -0.488. The summed E-state index contributed by atoms with van der Waals surface area (Å²) in [5.41, 5.74) is 0. The summed E-state index contributed by atoms with van der Waals surface area (Å²) in [5, 5.41) is 0. The van der Waals surface area contributed by atoms with Crippen molar-refractivity contribution in [2.75, 3.05) is 63.0 Å². The van der Waals surface area contributed by atoms with Crippen molar-refractivity contribution in [2.24, 2.45) is 0 Å². The molecule has 0 aromatic carbocycles. The predicted molar refractivity (Wildman–Crippen MR) is 112 cm³/mol. The van der Waals surface area contributed by atoms with Crippen molar-refractivity contribution in [3.8, 4) is 0 Å². The highest BCUT2D eigenvalue weighted by atomic mass is 16.8. The normalized spacial score (nSPS) is 40.4. The monoisotopic (exact) mass is 483 g/mol. The predicted octanol–water partition coefficient (Wildman–Crippen LogP) is -0.248. The molecule has 2 fully saturated rings. The van der Waals surface area contributed by atoms with E-state index in [1.54, 1.807) is 0 Å². The van der Waals surface area contributed by atoms with Gasteiger partial charge in [-0.3, -0.25) is 4.79 Å². The van der Waals surface area contributed by atoms with Gasteiger partial charge in [-0.15, -0.1) is 0 Å². The maximum atomic E-state index is 11.5. The number of ether oxygens (including phenoxy) is 11. The molecule has 0 aliphatic carbocycles. The lowest BCUT2D eigenvalue weighted by Gasteiger charge is -2.45. The Labute approximate surface area is 196 Å². The Balaban J connectivity index is 2.38. The minimum absolute atomic E-state index is 0.0760. The molecule has 0 saturated carbocycles. The number of carbonyl (C=O) groups is 1. The number of esters is 1. The molecule has 2 aliphatic heterocycles. The van der Waals surface area contributed by atoms with Gasteiger partial charge in [-0.25, -0.2) is 0 Å². The molecular weight excluding hydrogens is 444 g/mol. The van der Waals surface area contributed by atoms with Crippen molar-refractivity contribution in [3.05, 3.63) is 0 Å². The summed E-state index contributed by atoms with van der Waals surface area (Å²) in [4.78, 5) is 11.5. The molecule has 2 rings (SSSR count). The van der Waals surface area contributed by atoms with Crippen LogP contribution >= 0.6 is 0 Å². The van der Waals surface area contributed by atoms with Crippen LogP contribution in [0, 0.1) is 0 Å². The Morgan fingerprint density at radius 1 is 0.818 bits per heavy atom. The maximum Gasteiger partial charge on any atom is 0.302 e. The maximum absolute atomic E-state index is 11.5. The van der Waals surface area contributed by atoms with Crippen LogP contribution in [0.1, 0.15) is 8.29 Å². The molecule has 0 N–H and O–H groups in total. The topological polar surface area (TPSA) is 119 Å². The van der Waals surface area contributed by atoms with Gasteiger partial charge in [0.1, 0.15) is 55.4 Å². The van der Waals surface area contributed by atoms with E-state index in [2.05, 4.69) is 0 Å². The first-order chi connectivity index (χ1) is 16.3. The van der Waals surface area contributed by atoms with Gasteiger partial charge in [0.2, 0.25) is 0 Å². The van der Waals surface area contributed by atoms with E-state index in [1.165, 1.54) is 56.7 Å². The average Bonchev–Trinajstić information content (AvgIpc) is 3.11. The van der Waals surface area contributed by atoms with Crippen LogP contribution in [0.25, 0.3) is 0 Å². The largest absolute Gasteiger partial charge is 0.463 e. The fraction of sp³-hybridized carbons (Fsp3) is 0.952. The third-order valence-electron chi connectivity index (χ3n) is 5.66. The molecular formula is C21H38O12. The summed E-state index contributed by atoms with van der Waals surface area (Å²) in [7, 11) is 10.3. The molecule has 12 nitrogen and oxygen atoms in total. The molecule has 2 saturated heterocycles. The SMILES string of the molecule is [2H][C@@]1([C@@H](COC)OC)O[C@H](O[C@H]2[C@H](OC)[C@@H](OC)[C@@H](OC)O[C@@H]2COC(C)=O)[C@@H](OC)[C@H]1OC. The number of carbonyl (C=O) groups excluding carboxylic acids is 1. The zero-order valence-corrected chi connectivity index (χ0v) is 20.5. The fourth-order valence-electron chi connectivity index (χ4n) is 4.08. The van der Waals surface area contributed by atoms with Gasteiger partial charge in [0.25, 0.3) is 0 Å². The third kappa shape index (κ3) is 6.60. The molecule has 12 heteroatoms. The van der Waals surface area contributed by atoms with Crippen molar-refractivity contribution < 1.29 is 58.3 Å². The van der Waals surface area contributed by atoms with Crippen LogP contribution in [0.4, 0.5) is 0 Å². The highest BCUT2D eigenvalue weighted by molar-refractivity contribution is 5.65. The average molecular weight is 484 g/mol. The highest BCUT2D eigenvalue weighted by Gasteiger charge is 2.54. The van der Waals surface area contributed by atoms with Crippen LogP contribution in [0.15, 0.2) is 0 Å². The quantitative estimate of drug-likeness (QED) is 0.321. The van der Waals surface area contributed by atoms with Crippen molar-refractivity contribution in [1.82, 2.24) is 0 Å². The zero-order chi connectivity index (χ0) is 25.5. The van der Waals surface area contributed by atoms with E-state index < -0.39 is 67.4 Å². The Kier molecular flexibility index (Phi) is 11.2. The molecule has 0 radical (unpaired) electrons. The summed E-state index contributed by atoms with van der Waals surface area (Å²) in [6.07, 6.45) is -9.16. The standard InChI is InChI=1S/C21H38O12/c1-11(22)30-10-13-15(17(26-5)18(27-6)20(29-8)31-13)33-21-19(28-7)16(25-4)14(32-21)12(24-3)9-23-2/h12-21H,9-10H2,1-8H3/t12-,13-,14+,15-,16+,17+,18-,19+,20+,21-/m1/s1/i14D. The summed E-state index contributed by atoms with van der Waals surface area (Å²) >= 11 is 0. The third-order valence-corrected chi connectivity index (χ3v) is 5.66. The van der Waals surface area contributed by atoms with Crippen LogP contribution in [0.3, 0.4) is 0 Å². The van der Waals surface area contributed by atoms with Crippen molar-refractivity contribution in [1.29, 1.82) is 0 Å². The van der Waals surface area contributed by atoms with Gasteiger partial charge in [-0.1, -0.05) is 0 Å². The second kappa shape index (κ2) is 13.8. The van der Waals surface area contributed by atoms with Crippen molar-refractivity contribution in [2.45, 2.75) is 68.3 Å². The smallest absolute Gasteiger partial charge is 0.302 e. The van der Waals surface area contributed by atoms with E-state index in [9.17, 15) is 4.79 Å². The lowest BCUT2D eigenvalue weighted by molar-refractivity contribution is -0.333. The van der Waals surface area contributed by atoms with Crippen LogP contribution in [0.5, 0.6) is 0 Å². The van der Waals surface area contributed by atoms with E-state index in [-0.39, 0.29) is 13.2 Å². The molecule has 0 spiro atoms. The summed E-state index contributed by atoms with van der Waals surface area (Å²) < 4.78 is 71.1. The second-order valence-corrected chi connectivity index (χ2v) is 7.51. The number of hydrogen-bond donors (Lipinski definition) is 0. The Bertz CT molecular complexity index is 627. The highest BCUT2D eigenvalue weighted by Crippen LogP contribution is 2.35. The van der Waals surface area contributed by atoms with Gasteiger partial charge >= 0.3 is 5.97 Å². The Morgan fingerprint density at radius 3 is 1.91 bits per heavy atom. The zero-order valence-electron chi connectivity index (χ0n) is 21.5. The van der Waals surface area contributed by atoms with Crippen LogP contribution in [0.2, 0.25) is 0 Å². The van der Waals surface area contributed by atoms with E-state index in [0.717, 1.165) is 0 Å². The summed E-state index contributed by atoms with van der Waals surface area (Å²) in [6, 6.07) is 0. The van der Waals surface area contributed by atoms with Gasteiger partial charge in [0.15, 0.2) is 12.6 Å². The lowest BCUT2D eigenvalue weighted by Crippen LogP contribution is -2.62. The molecule has 33 heavy (non-hydrogen) atoms. The van der Waals surface area contributed by atoms with Crippen LogP contribution < -0.4 is 0 Å². The molecule has 10 atom stereocenters. The number of methoxy groups -OCH3 is 7. The van der Waals surface area contributed by atoms with Crippen LogP contribution in [-0.4, -0.2) is 130 Å². The fourth-order valence-corrected chi connectivity index (χ4v) is 4.08. The van der Waals surface area contributed by atoms with E-state index in [1.807, 2.05) is 0 Å². The molecule has 2 aliphatic rings. The number of rotatable bonds is 13. The van der Waals surface area contributed by atoms with Gasteiger partial charge in [0, 0.05) is 56.7 Å². The van der Waals surface area contributed by atoms with Crippen molar-refractivity contribution in [3.63, 3.8) is 0 Å². The van der Waals surface area contributed by atoms with E-state index >= 15 is 0 Å². The van der Waals surface area contributed by atoms with Gasteiger partial charge < -0.3 is 52.1 Å². The molecule has 0 bridgehead atoms. The first-order valence-electron chi connectivity index (χ1n) is 11.0. The number of hydrogen-bond acceptors (Lipinski definition) is 12. The van der Waals surface area contributed by atoms with E-state index in [0.29, 0.717) is 0 Å². The first kappa shape index (κ1) is 26.7. The minimum atomic E-state index is -1.72. The second-order valence-electron chi connectivity index (χ2n) is 7.51. The Morgan fingerprint density at radius 2 is 1.42 bits per heavy atom. The van der Waals surface area contributed by atoms with Gasteiger partial charge in [-0.05, 0) is 0 Å². The summed E-state index contributed by atoms with van der Waals surface area (Å²) in [6.45, 7) is 1.23. The van der Waals surface area contributed by atoms with Crippen LogP contribution in [-0.2, 0) is 56.9 Å². The first-order valence-corrected chi connectivity index (χ1v) is 10.5. The lowest BCUT2D eigenvalue weighted by atomic mass is 9.98. The molecule has 0 amide bonds. The van der Waals surface area contributed by atoms with Gasteiger partial charge in [0.05, 0.1) is 7.98 Å². The minimum Gasteiger partial charge on any atom is -0.463 e. The molecule has 0 unspecified atom stereocenters. The van der Waals surface area contributed by atoms with Gasteiger partial charge in [-0.2, -0.15) is 0 Å². The van der Waals surface area contributed by atoms with Crippen molar-refractivity contribution >= 4 is 5.97 Å². The molecule has 0 aromatic rings. The Hall–Kier alpha value is -0.930. The molecule has 2 heterocycles.